The molecule has 0 radical (unpaired) electrons. The van der Waals surface area contributed by atoms with E-state index in [0.717, 1.165) is 5.82 Å². The highest BCUT2D eigenvalue weighted by Gasteiger charge is 2.29. The van der Waals surface area contributed by atoms with Gasteiger partial charge in [-0.1, -0.05) is 6.08 Å². The summed E-state index contributed by atoms with van der Waals surface area (Å²) >= 11 is 5.16. The largest absolute Gasteiger partial charge is 0.297 e. The van der Waals surface area contributed by atoms with Crippen LogP contribution in [0.25, 0.3) is 0 Å². The van der Waals surface area contributed by atoms with Crippen LogP contribution in [0.5, 0.6) is 0 Å². The predicted molar refractivity (Wildman–Crippen MR) is 54.3 cm³/mol. The van der Waals surface area contributed by atoms with Crippen molar-refractivity contribution in [2.24, 2.45) is 0 Å². The highest BCUT2D eigenvalue weighted by Crippen LogP contribution is 2.39. The van der Waals surface area contributed by atoms with Crippen LogP contribution in [-0.2, 0) is 0 Å². The van der Waals surface area contributed by atoms with Crippen molar-refractivity contribution < 1.29 is 0 Å². The molecule has 4 heteroatoms. The average Bonchev–Trinajstić information content (AvgIpc) is 2.89. The van der Waals surface area contributed by atoms with Gasteiger partial charge in [-0.2, -0.15) is 5.10 Å². The molecule has 70 valence electrons. The van der Waals surface area contributed by atoms with E-state index in [2.05, 4.69) is 28.3 Å². The molecule has 1 unspecified atom stereocenters. The molecule has 1 aromatic rings. The summed E-state index contributed by atoms with van der Waals surface area (Å²) in [5.74, 6) is 1.72. The number of hydrogen-bond acceptors (Lipinski definition) is 2. The maximum absolute atomic E-state index is 5.16. The number of rotatable bonds is 3. The normalized spacial score (nSPS) is 18.5. The fourth-order valence-corrected chi connectivity index (χ4v) is 1.75. The zero-order chi connectivity index (χ0) is 9.42. The number of nitrogens with zero attached hydrogens (tertiary/aromatic N) is 2. The van der Waals surface area contributed by atoms with Crippen LogP contribution < -0.4 is 0 Å². The molecule has 1 atom stereocenters. The third kappa shape index (κ3) is 1.46. The third-order valence-electron chi connectivity index (χ3n) is 2.42. The molecule has 1 aliphatic carbocycles. The first-order valence-electron chi connectivity index (χ1n) is 4.53. The Morgan fingerprint density at radius 3 is 3.00 bits per heavy atom. The zero-order valence-corrected chi connectivity index (χ0v) is 8.47. The van der Waals surface area contributed by atoms with Gasteiger partial charge in [-0.25, -0.2) is 0 Å². The van der Waals surface area contributed by atoms with Crippen LogP contribution in [0.2, 0.25) is 0 Å². The fourth-order valence-electron chi connectivity index (χ4n) is 1.45. The summed E-state index contributed by atoms with van der Waals surface area (Å²) in [7, 11) is 0. The Bertz CT molecular complexity index is 372. The summed E-state index contributed by atoms with van der Waals surface area (Å²) in [4.78, 5) is 0. The molecular formula is C9H13N3S. The molecule has 0 aliphatic heterocycles. The smallest absolute Gasteiger partial charge is 0.195 e. The van der Waals surface area contributed by atoms with Gasteiger partial charge in [0.2, 0.25) is 0 Å². The van der Waals surface area contributed by atoms with Crippen LogP contribution in [0.15, 0.2) is 12.7 Å². The minimum absolute atomic E-state index is 0.238. The van der Waals surface area contributed by atoms with E-state index >= 15 is 0 Å². The molecule has 0 amide bonds. The summed E-state index contributed by atoms with van der Waals surface area (Å²) in [6.07, 6.45) is 4.37. The minimum Gasteiger partial charge on any atom is -0.297 e. The number of H-pyrrole nitrogens is 1. The molecule has 0 saturated heterocycles. The van der Waals surface area contributed by atoms with E-state index in [4.69, 9.17) is 12.2 Å². The van der Waals surface area contributed by atoms with Crippen LogP contribution in [-0.4, -0.2) is 14.8 Å². The van der Waals surface area contributed by atoms with Crippen molar-refractivity contribution in [3.8, 4) is 0 Å². The molecule has 1 N–H and O–H groups in total. The number of aromatic amines is 1. The fraction of sp³-hybridized carbons (Fsp3) is 0.556. The second kappa shape index (κ2) is 3.10. The highest BCUT2D eigenvalue weighted by molar-refractivity contribution is 7.71. The molecule has 0 spiro atoms. The predicted octanol–water partition coefficient (Wildman–Crippen LogP) is 2.57. The van der Waals surface area contributed by atoms with Crippen molar-refractivity contribution in [3.63, 3.8) is 0 Å². The van der Waals surface area contributed by atoms with E-state index in [9.17, 15) is 0 Å². The summed E-state index contributed by atoms with van der Waals surface area (Å²) in [5.41, 5.74) is 0. The molecule has 13 heavy (non-hydrogen) atoms. The Balaban J connectivity index is 2.45. The molecular weight excluding hydrogens is 182 g/mol. The van der Waals surface area contributed by atoms with Crippen molar-refractivity contribution in [2.45, 2.75) is 31.7 Å². The van der Waals surface area contributed by atoms with Crippen LogP contribution in [0.4, 0.5) is 0 Å². The van der Waals surface area contributed by atoms with Crippen molar-refractivity contribution >= 4 is 12.2 Å². The maximum atomic E-state index is 5.16. The van der Waals surface area contributed by atoms with Crippen molar-refractivity contribution in [3.05, 3.63) is 23.3 Å². The molecule has 1 saturated carbocycles. The van der Waals surface area contributed by atoms with Crippen LogP contribution in [0.1, 0.15) is 37.5 Å². The van der Waals surface area contributed by atoms with Crippen molar-refractivity contribution in [1.82, 2.24) is 14.8 Å². The number of hydrogen-bond donors (Lipinski definition) is 1. The van der Waals surface area contributed by atoms with E-state index in [-0.39, 0.29) is 6.04 Å². The van der Waals surface area contributed by atoms with Gasteiger partial charge < -0.3 is 0 Å². The van der Waals surface area contributed by atoms with Crippen LogP contribution in [0.3, 0.4) is 0 Å². The topological polar surface area (TPSA) is 33.6 Å². The highest BCUT2D eigenvalue weighted by atomic mass is 32.1. The van der Waals surface area contributed by atoms with E-state index in [1.54, 1.807) is 0 Å². The van der Waals surface area contributed by atoms with Gasteiger partial charge in [-0.05, 0) is 32.0 Å². The van der Waals surface area contributed by atoms with Crippen LogP contribution in [0, 0.1) is 4.77 Å². The SMILES string of the molecule is C=CC(C)n1c(C2CC2)n[nH]c1=S. The van der Waals surface area contributed by atoms with Gasteiger partial charge >= 0.3 is 0 Å². The van der Waals surface area contributed by atoms with Crippen molar-refractivity contribution in [2.75, 3.05) is 0 Å². The monoisotopic (exact) mass is 195 g/mol. The molecule has 1 aromatic heterocycles. The van der Waals surface area contributed by atoms with Gasteiger partial charge in [0.25, 0.3) is 0 Å². The first-order chi connectivity index (χ1) is 6.24. The van der Waals surface area contributed by atoms with Gasteiger partial charge in [0.05, 0.1) is 6.04 Å². The molecule has 3 nitrogen and oxygen atoms in total. The Hall–Kier alpha value is -0.900. The summed E-state index contributed by atoms with van der Waals surface area (Å²) in [5, 5.41) is 7.09. The summed E-state index contributed by atoms with van der Waals surface area (Å²) in [6.45, 7) is 5.84. The average molecular weight is 195 g/mol. The molecule has 0 bridgehead atoms. The summed E-state index contributed by atoms with van der Waals surface area (Å²) < 4.78 is 2.76. The second-order valence-corrected chi connectivity index (χ2v) is 3.89. The number of aromatic nitrogens is 3. The van der Waals surface area contributed by atoms with E-state index < -0.39 is 0 Å². The van der Waals surface area contributed by atoms with E-state index in [0.29, 0.717) is 10.7 Å². The standard InChI is InChI=1S/C9H13N3S/c1-3-6(2)12-8(7-4-5-7)10-11-9(12)13/h3,6-7H,1,4-5H2,2H3,(H,11,13). The Labute approximate surface area is 82.5 Å². The number of nitrogens with one attached hydrogen (secondary N) is 1. The third-order valence-corrected chi connectivity index (χ3v) is 2.71. The van der Waals surface area contributed by atoms with Gasteiger partial charge in [0, 0.05) is 5.92 Å². The molecule has 2 rings (SSSR count). The quantitative estimate of drug-likeness (QED) is 0.594. The second-order valence-electron chi connectivity index (χ2n) is 3.51. The van der Waals surface area contributed by atoms with Gasteiger partial charge in [0.1, 0.15) is 5.82 Å². The lowest BCUT2D eigenvalue weighted by Crippen LogP contribution is -2.06. The van der Waals surface area contributed by atoms with Crippen molar-refractivity contribution in [1.29, 1.82) is 0 Å². The summed E-state index contributed by atoms with van der Waals surface area (Å²) in [6, 6.07) is 0.238. The Morgan fingerprint density at radius 2 is 2.46 bits per heavy atom. The lowest BCUT2D eigenvalue weighted by Gasteiger charge is -2.09. The molecule has 1 aliphatic rings. The molecule has 0 aromatic carbocycles. The first kappa shape index (κ1) is 8.69. The van der Waals surface area contributed by atoms with E-state index in [1.165, 1.54) is 12.8 Å². The Morgan fingerprint density at radius 1 is 1.77 bits per heavy atom. The van der Waals surface area contributed by atoms with E-state index in [1.807, 2.05) is 6.08 Å². The van der Waals surface area contributed by atoms with Gasteiger partial charge in [-0.3, -0.25) is 9.67 Å². The minimum atomic E-state index is 0.238. The van der Waals surface area contributed by atoms with Crippen LogP contribution >= 0.6 is 12.2 Å². The first-order valence-corrected chi connectivity index (χ1v) is 4.94. The van der Waals surface area contributed by atoms with Gasteiger partial charge in [0.15, 0.2) is 4.77 Å². The lowest BCUT2D eigenvalue weighted by atomic mass is 10.3. The molecule has 1 heterocycles. The zero-order valence-electron chi connectivity index (χ0n) is 7.66. The lowest BCUT2D eigenvalue weighted by molar-refractivity contribution is 0.614. The van der Waals surface area contributed by atoms with Gasteiger partial charge in [-0.15, -0.1) is 6.58 Å². The maximum Gasteiger partial charge on any atom is 0.195 e. The number of allylic oxidation sites excluding steroid dienone is 1. The Kier molecular flexibility index (Phi) is 2.07. The molecule has 1 fully saturated rings.